The van der Waals surface area contributed by atoms with Crippen LogP contribution in [0.4, 0.5) is 11.4 Å². The van der Waals surface area contributed by atoms with Crippen molar-refractivity contribution in [3.63, 3.8) is 0 Å². The van der Waals surface area contributed by atoms with Gasteiger partial charge in [-0.3, -0.25) is 0 Å². The molecular formula is C13H10Cl4N2. The first-order valence-electron chi connectivity index (χ1n) is 5.36. The molecule has 0 fully saturated rings. The van der Waals surface area contributed by atoms with Crippen molar-refractivity contribution in [2.75, 3.05) is 11.5 Å². The zero-order valence-corrected chi connectivity index (χ0v) is 12.7. The quantitative estimate of drug-likeness (QED) is 0.754. The molecule has 0 aliphatic heterocycles. The molecule has 6 heteroatoms. The summed E-state index contributed by atoms with van der Waals surface area (Å²) in [5, 5.41) is 1.73. The summed E-state index contributed by atoms with van der Waals surface area (Å²) in [6.07, 6.45) is 0.455. The standard InChI is InChI=1S/C13H10Cl4N2/c14-9-4-7(18)5-10(15)8(9)3-6-1-2-11(19)13(17)12(6)16/h1-2,4-5H,3,18-19H2. The van der Waals surface area contributed by atoms with Crippen molar-refractivity contribution < 1.29 is 0 Å². The highest BCUT2D eigenvalue weighted by Crippen LogP contribution is 2.35. The summed E-state index contributed by atoms with van der Waals surface area (Å²) in [5.41, 5.74) is 13.8. The maximum absolute atomic E-state index is 6.16. The van der Waals surface area contributed by atoms with E-state index >= 15 is 0 Å². The molecule has 0 atom stereocenters. The largest absolute Gasteiger partial charge is 0.399 e. The van der Waals surface area contributed by atoms with E-state index in [4.69, 9.17) is 57.9 Å². The Labute approximate surface area is 131 Å². The first kappa shape index (κ1) is 14.6. The van der Waals surface area contributed by atoms with Crippen LogP contribution in [0.5, 0.6) is 0 Å². The van der Waals surface area contributed by atoms with Crippen molar-refractivity contribution in [1.29, 1.82) is 0 Å². The number of hydrogen-bond acceptors (Lipinski definition) is 2. The lowest BCUT2D eigenvalue weighted by Gasteiger charge is -2.11. The number of nitrogen functional groups attached to an aromatic ring is 2. The summed E-state index contributed by atoms with van der Waals surface area (Å²) in [7, 11) is 0. The van der Waals surface area contributed by atoms with Crippen LogP contribution in [-0.4, -0.2) is 0 Å². The van der Waals surface area contributed by atoms with E-state index in [2.05, 4.69) is 0 Å². The number of halogens is 4. The zero-order valence-electron chi connectivity index (χ0n) is 9.68. The summed E-state index contributed by atoms with van der Waals surface area (Å²) >= 11 is 24.5. The summed E-state index contributed by atoms with van der Waals surface area (Å²) in [6.45, 7) is 0. The van der Waals surface area contributed by atoms with E-state index in [-0.39, 0.29) is 0 Å². The number of anilines is 2. The van der Waals surface area contributed by atoms with Crippen molar-refractivity contribution >= 4 is 57.8 Å². The number of benzene rings is 2. The Morgan fingerprint density at radius 1 is 0.842 bits per heavy atom. The van der Waals surface area contributed by atoms with Gasteiger partial charge in [0, 0.05) is 22.2 Å². The predicted molar refractivity (Wildman–Crippen MR) is 84.6 cm³/mol. The Kier molecular flexibility index (Phi) is 4.36. The number of nitrogens with two attached hydrogens (primary N) is 2. The summed E-state index contributed by atoms with van der Waals surface area (Å²) in [6, 6.07) is 6.79. The topological polar surface area (TPSA) is 52.0 Å². The van der Waals surface area contributed by atoms with Crippen molar-refractivity contribution in [1.82, 2.24) is 0 Å². The lowest BCUT2D eigenvalue weighted by molar-refractivity contribution is 1.19. The van der Waals surface area contributed by atoms with Gasteiger partial charge in [-0.25, -0.2) is 0 Å². The molecule has 2 nitrogen and oxygen atoms in total. The van der Waals surface area contributed by atoms with Gasteiger partial charge < -0.3 is 11.5 Å². The summed E-state index contributed by atoms with van der Waals surface area (Å²) in [4.78, 5) is 0. The molecule has 4 N–H and O–H groups in total. The van der Waals surface area contributed by atoms with Crippen molar-refractivity contribution in [3.05, 3.63) is 55.5 Å². The second-order valence-electron chi connectivity index (χ2n) is 4.08. The minimum Gasteiger partial charge on any atom is -0.399 e. The fraction of sp³-hybridized carbons (Fsp3) is 0.0769. The van der Waals surface area contributed by atoms with Crippen LogP contribution in [0, 0.1) is 0 Å². The molecule has 0 bridgehead atoms. The van der Waals surface area contributed by atoms with Gasteiger partial charge in [-0.1, -0.05) is 52.5 Å². The molecule has 0 saturated carbocycles. The Bertz CT molecular complexity index is 618. The Hall–Kier alpha value is -0.800. The van der Waals surface area contributed by atoms with E-state index in [1.165, 1.54) is 0 Å². The van der Waals surface area contributed by atoms with Crippen LogP contribution in [0.1, 0.15) is 11.1 Å². The lowest BCUT2D eigenvalue weighted by atomic mass is 10.0. The predicted octanol–water partition coefficient (Wildman–Crippen LogP) is 5.06. The maximum Gasteiger partial charge on any atom is 0.0824 e. The van der Waals surface area contributed by atoms with Crippen molar-refractivity contribution in [2.45, 2.75) is 6.42 Å². The van der Waals surface area contributed by atoms with Gasteiger partial charge in [0.1, 0.15) is 0 Å². The Morgan fingerprint density at radius 3 is 2.00 bits per heavy atom. The Morgan fingerprint density at radius 2 is 1.42 bits per heavy atom. The van der Waals surface area contributed by atoms with Gasteiger partial charge in [0.15, 0.2) is 0 Å². The molecule has 2 aromatic carbocycles. The molecule has 2 rings (SSSR count). The fourth-order valence-corrected chi connectivity index (χ4v) is 2.78. The first-order chi connectivity index (χ1) is 8.90. The monoisotopic (exact) mass is 334 g/mol. The van der Waals surface area contributed by atoms with Crippen LogP contribution in [0.2, 0.25) is 20.1 Å². The molecule has 0 amide bonds. The molecule has 0 heterocycles. The fourth-order valence-electron chi connectivity index (χ4n) is 1.72. The minimum absolute atomic E-state index is 0.335. The van der Waals surface area contributed by atoms with Crippen LogP contribution in [0.3, 0.4) is 0 Å². The van der Waals surface area contributed by atoms with E-state index in [0.29, 0.717) is 37.9 Å². The third-order valence-corrected chi connectivity index (χ3v) is 4.33. The second kappa shape index (κ2) is 5.68. The molecule has 19 heavy (non-hydrogen) atoms. The van der Waals surface area contributed by atoms with Gasteiger partial charge in [0.05, 0.1) is 15.7 Å². The second-order valence-corrected chi connectivity index (χ2v) is 5.65. The van der Waals surface area contributed by atoms with Gasteiger partial charge in [0.25, 0.3) is 0 Å². The molecular weight excluding hydrogens is 326 g/mol. The third-order valence-electron chi connectivity index (χ3n) is 2.72. The average Bonchev–Trinajstić information content (AvgIpc) is 2.33. The molecule has 0 aliphatic carbocycles. The normalized spacial score (nSPS) is 10.7. The van der Waals surface area contributed by atoms with Crippen LogP contribution < -0.4 is 11.5 Å². The number of hydrogen-bond donors (Lipinski definition) is 2. The van der Waals surface area contributed by atoms with Crippen LogP contribution in [0.25, 0.3) is 0 Å². The van der Waals surface area contributed by atoms with Crippen molar-refractivity contribution in [3.8, 4) is 0 Å². The number of rotatable bonds is 2. The zero-order chi connectivity index (χ0) is 14.2. The lowest BCUT2D eigenvalue weighted by Crippen LogP contribution is -1.96. The highest BCUT2D eigenvalue weighted by atomic mass is 35.5. The van der Waals surface area contributed by atoms with E-state index < -0.39 is 0 Å². The Balaban J connectivity index is 2.45. The van der Waals surface area contributed by atoms with Gasteiger partial charge in [-0.05, 0) is 29.3 Å². The van der Waals surface area contributed by atoms with Crippen molar-refractivity contribution in [2.24, 2.45) is 0 Å². The SMILES string of the molecule is Nc1cc(Cl)c(Cc2ccc(N)c(Cl)c2Cl)c(Cl)c1. The van der Waals surface area contributed by atoms with Gasteiger partial charge >= 0.3 is 0 Å². The minimum atomic E-state index is 0.335. The molecule has 2 aromatic rings. The van der Waals surface area contributed by atoms with Gasteiger partial charge in [0.2, 0.25) is 0 Å². The third kappa shape index (κ3) is 3.03. The van der Waals surface area contributed by atoms with E-state index in [9.17, 15) is 0 Å². The molecule has 100 valence electrons. The average molecular weight is 336 g/mol. The van der Waals surface area contributed by atoms with E-state index in [0.717, 1.165) is 11.1 Å². The highest BCUT2D eigenvalue weighted by molar-refractivity contribution is 6.44. The van der Waals surface area contributed by atoms with E-state index in [1.54, 1.807) is 24.3 Å². The maximum atomic E-state index is 6.16. The molecule has 0 aromatic heterocycles. The highest BCUT2D eigenvalue weighted by Gasteiger charge is 2.13. The van der Waals surface area contributed by atoms with Gasteiger partial charge in [-0.15, -0.1) is 0 Å². The molecule has 0 unspecified atom stereocenters. The summed E-state index contributed by atoms with van der Waals surface area (Å²) in [5.74, 6) is 0. The molecule has 0 saturated heterocycles. The molecule has 0 radical (unpaired) electrons. The van der Waals surface area contributed by atoms with Crippen LogP contribution >= 0.6 is 46.4 Å². The van der Waals surface area contributed by atoms with E-state index in [1.807, 2.05) is 0 Å². The molecule has 0 aliphatic rings. The van der Waals surface area contributed by atoms with Gasteiger partial charge in [-0.2, -0.15) is 0 Å². The smallest absolute Gasteiger partial charge is 0.0824 e. The summed E-state index contributed by atoms with van der Waals surface area (Å²) < 4.78 is 0. The van der Waals surface area contributed by atoms with Crippen LogP contribution in [-0.2, 0) is 6.42 Å². The first-order valence-corrected chi connectivity index (χ1v) is 6.87. The van der Waals surface area contributed by atoms with Crippen LogP contribution in [0.15, 0.2) is 24.3 Å². The molecule has 0 spiro atoms.